The van der Waals surface area contributed by atoms with E-state index < -0.39 is 11.7 Å². The lowest BCUT2D eigenvalue weighted by Gasteiger charge is -2.24. The Morgan fingerprint density at radius 2 is 2.22 bits per heavy atom. The molecule has 27 heavy (non-hydrogen) atoms. The molecule has 1 amide bonds. The van der Waals surface area contributed by atoms with Crippen LogP contribution in [0.2, 0.25) is 0 Å². The number of hydrogen-bond donors (Lipinski definition) is 2. The number of carbonyl (C=O) groups is 1. The van der Waals surface area contributed by atoms with Crippen LogP contribution in [0.1, 0.15) is 47.8 Å². The number of fused-ring (bicyclic) bond motifs is 3. The third kappa shape index (κ3) is 2.56. The van der Waals surface area contributed by atoms with Crippen LogP contribution < -0.4 is 5.73 Å². The average Bonchev–Trinajstić information content (AvgIpc) is 3.10. The van der Waals surface area contributed by atoms with Crippen molar-refractivity contribution in [3.05, 3.63) is 34.8 Å². The van der Waals surface area contributed by atoms with E-state index in [2.05, 4.69) is 16.8 Å². The first-order valence-electron chi connectivity index (χ1n) is 9.59. The quantitative estimate of drug-likeness (QED) is 0.742. The molecule has 5 rings (SSSR count). The van der Waals surface area contributed by atoms with Gasteiger partial charge in [-0.15, -0.1) is 0 Å². The van der Waals surface area contributed by atoms with Crippen molar-refractivity contribution in [2.75, 3.05) is 19.6 Å². The fraction of sp³-hybridized carbons (Fsp3) is 0.500. The Bertz CT molecular complexity index is 1080. The smallest absolute Gasteiger partial charge is 0.251 e. The number of nitrogens with zero attached hydrogens (tertiary/aromatic N) is 3. The second-order valence-electron chi connectivity index (χ2n) is 8.55. The van der Waals surface area contributed by atoms with E-state index in [1.165, 1.54) is 31.5 Å². The van der Waals surface area contributed by atoms with E-state index in [0.29, 0.717) is 11.0 Å². The molecule has 2 aromatic heterocycles. The number of hydrogen-bond acceptors (Lipinski definition) is 3. The molecule has 142 valence electrons. The van der Waals surface area contributed by atoms with Gasteiger partial charge in [-0.2, -0.15) is 5.10 Å². The minimum Gasteiger partial charge on any atom is -0.366 e. The first-order chi connectivity index (χ1) is 12.9. The number of primary amides is 1. The van der Waals surface area contributed by atoms with Crippen LogP contribution in [0, 0.1) is 18.7 Å². The molecule has 1 saturated carbocycles. The van der Waals surface area contributed by atoms with E-state index in [1.54, 1.807) is 4.52 Å². The lowest BCUT2D eigenvalue weighted by molar-refractivity contribution is 0.100. The summed E-state index contributed by atoms with van der Waals surface area (Å²) < 4.78 is 15.7. The zero-order valence-electron chi connectivity index (χ0n) is 15.7. The zero-order valence-corrected chi connectivity index (χ0v) is 15.7. The highest BCUT2D eigenvalue weighted by Crippen LogP contribution is 2.41. The van der Waals surface area contributed by atoms with Gasteiger partial charge in [0.05, 0.1) is 16.8 Å². The normalized spacial score (nSPS) is 23.7. The second-order valence-corrected chi connectivity index (χ2v) is 8.55. The van der Waals surface area contributed by atoms with E-state index in [9.17, 15) is 9.18 Å². The summed E-state index contributed by atoms with van der Waals surface area (Å²) in [4.78, 5) is 17.7. The molecule has 1 aromatic carbocycles. The van der Waals surface area contributed by atoms with Gasteiger partial charge >= 0.3 is 0 Å². The van der Waals surface area contributed by atoms with Gasteiger partial charge in [0.1, 0.15) is 17.0 Å². The van der Waals surface area contributed by atoms with E-state index >= 15 is 0 Å². The molecule has 1 saturated heterocycles. The highest BCUT2D eigenvalue weighted by Gasteiger charge is 2.41. The van der Waals surface area contributed by atoms with Crippen molar-refractivity contribution in [3.63, 3.8) is 0 Å². The van der Waals surface area contributed by atoms with Crippen LogP contribution in [0.3, 0.4) is 0 Å². The molecule has 3 aromatic rings. The van der Waals surface area contributed by atoms with Crippen molar-refractivity contribution < 1.29 is 9.18 Å². The predicted molar refractivity (Wildman–Crippen MR) is 101 cm³/mol. The maximum absolute atomic E-state index is 14.0. The Morgan fingerprint density at radius 3 is 2.93 bits per heavy atom. The van der Waals surface area contributed by atoms with Crippen molar-refractivity contribution in [3.8, 4) is 0 Å². The molecule has 1 aliphatic heterocycles. The van der Waals surface area contributed by atoms with Crippen LogP contribution in [0.5, 0.6) is 0 Å². The number of likely N-dealkylation sites (tertiary alicyclic amines) is 1. The Hall–Kier alpha value is -2.41. The van der Waals surface area contributed by atoms with Gasteiger partial charge in [0, 0.05) is 24.1 Å². The van der Waals surface area contributed by atoms with Gasteiger partial charge < -0.3 is 15.6 Å². The second kappa shape index (κ2) is 5.55. The molecule has 0 spiro atoms. The van der Waals surface area contributed by atoms with E-state index in [-0.39, 0.29) is 11.0 Å². The molecule has 0 bridgehead atoms. The topological polar surface area (TPSA) is 79.4 Å². The largest absolute Gasteiger partial charge is 0.366 e. The van der Waals surface area contributed by atoms with Gasteiger partial charge in [-0.3, -0.25) is 4.79 Å². The molecule has 7 heteroatoms. The Kier molecular flexibility index (Phi) is 3.44. The van der Waals surface area contributed by atoms with Crippen LogP contribution >= 0.6 is 0 Å². The third-order valence-corrected chi connectivity index (χ3v) is 6.23. The Labute approximate surface area is 156 Å². The highest BCUT2D eigenvalue weighted by atomic mass is 19.1. The fourth-order valence-electron chi connectivity index (χ4n) is 4.85. The van der Waals surface area contributed by atoms with E-state index in [4.69, 9.17) is 10.8 Å². The molecule has 3 heterocycles. The van der Waals surface area contributed by atoms with Gasteiger partial charge in [0.2, 0.25) is 0 Å². The molecule has 2 aliphatic rings. The standard InChI is InChI=1S/C20H24FN5O/c1-11-16(20(2)5-6-25(10-20)9-12-3-4-12)19-23-15-8-13(21)7-14(18(22)27)17(15)26(19)24-11/h7-8,12,23H,3-6,9-10H2,1-2H3,(H2,22,27). The molecule has 6 nitrogen and oxygen atoms in total. The lowest BCUT2D eigenvalue weighted by atomic mass is 9.81. The molecular weight excluding hydrogens is 345 g/mol. The maximum Gasteiger partial charge on any atom is 0.251 e. The molecule has 2 fully saturated rings. The van der Waals surface area contributed by atoms with Gasteiger partial charge in [-0.05, 0) is 50.8 Å². The number of imidazole rings is 1. The molecule has 1 unspecified atom stereocenters. The summed E-state index contributed by atoms with van der Waals surface area (Å²) in [6.45, 7) is 7.56. The molecule has 3 N–H and O–H groups in total. The SMILES string of the molecule is Cc1nn2c([nH]c3cc(F)cc(C(N)=O)c32)c1C1(C)CCN(CC2CC2)C1. The first kappa shape index (κ1) is 16.7. The van der Waals surface area contributed by atoms with Gasteiger partial charge in [-0.25, -0.2) is 8.91 Å². The van der Waals surface area contributed by atoms with Gasteiger partial charge in [0.15, 0.2) is 0 Å². The number of carbonyl (C=O) groups excluding carboxylic acids is 1. The monoisotopic (exact) mass is 369 g/mol. The number of aromatic amines is 1. The number of benzene rings is 1. The Balaban J connectivity index is 1.66. The summed E-state index contributed by atoms with van der Waals surface area (Å²) in [5.41, 5.74) is 9.66. The maximum atomic E-state index is 14.0. The molecular formula is C20H24FN5O. The number of aromatic nitrogens is 3. The fourth-order valence-corrected chi connectivity index (χ4v) is 4.85. The van der Waals surface area contributed by atoms with Crippen LogP contribution in [-0.2, 0) is 5.41 Å². The van der Waals surface area contributed by atoms with Crippen LogP contribution in [-0.4, -0.2) is 45.0 Å². The summed E-state index contributed by atoms with van der Waals surface area (Å²) in [5.74, 6) is -0.269. The average molecular weight is 369 g/mol. The molecule has 1 aliphatic carbocycles. The van der Waals surface area contributed by atoms with E-state index in [0.717, 1.165) is 42.3 Å². The number of nitrogens with two attached hydrogens (primary N) is 1. The number of rotatable bonds is 4. The van der Waals surface area contributed by atoms with Crippen molar-refractivity contribution in [2.45, 2.75) is 38.5 Å². The third-order valence-electron chi connectivity index (χ3n) is 6.23. The highest BCUT2D eigenvalue weighted by molar-refractivity contribution is 6.05. The predicted octanol–water partition coefficient (Wildman–Crippen LogP) is 2.74. The summed E-state index contributed by atoms with van der Waals surface area (Å²) in [7, 11) is 0. The van der Waals surface area contributed by atoms with Gasteiger partial charge in [-0.1, -0.05) is 6.92 Å². The minimum atomic E-state index is -0.655. The number of aryl methyl sites for hydroxylation is 1. The molecule has 1 atom stereocenters. The van der Waals surface area contributed by atoms with Gasteiger partial charge in [0.25, 0.3) is 5.91 Å². The first-order valence-corrected chi connectivity index (χ1v) is 9.59. The number of H-pyrrole nitrogens is 1. The lowest BCUT2D eigenvalue weighted by Crippen LogP contribution is -2.30. The minimum absolute atomic E-state index is 0.0208. The summed E-state index contributed by atoms with van der Waals surface area (Å²) in [6, 6.07) is 2.58. The Morgan fingerprint density at radius 1 is 1.44 bits per heavy atom. The van der Waals surface area contributed by atoms with Crippen molar-refractivity contribution >= 4 is 22.6 Å². The van der Waals surface area contributed by atoms with Crippen LogP contribution in [0.15, 0.2) is 12.1 Å². The van der Waals surface area contributed by atoms with Crippen LogP contribution in [0.4, 0.5) is 4.39 Å². The van der Waals surface area contributed by atoms with Crippen molar-refractivity contribution in [1.29, 1.82) is 0 Å². The van der Waals surface area contributed by atoms with Crippen molar-refractivity contribution in [2.24, 2.45) is 11.7 Å². The van der Waals surface area contributed by atoms with Crippen LogP contribution in [0.25, 0.3) is 16.7 Å². The van der Waals surface area contributed by atoms with Crippen molar-refractivity contribution in [1.82, 2.24) is 19.5 Å². The summed E-state index contributed by atoms with van der Waals surface area (Å²) >= 11 is 0. The number of nitrogens with one attached hydrogen (secondary N) is 1. The molecule has 0 radical (unpaired) electrons. The summed E-state index contributed by atoms with van der Waals surface area (Å²) in [5, 5.41) is 4.70. The van der Waals surface area contributed by atoms with E-state index in [1.807, 2.05) is 6.92 Å². The number of amides is 1. The zero-order chi connectivity index (χ0) is 18.9. The number of halogens is 1. The summed E-state index contributed by atoms with van der Waals surface area (Å²) in [6.07, 6.45) is 3.77.